The van der Waals surface area contributed by atoms with Gasteiger partial charge in [0.25, 0.3) is 0 Å². The smallest absolute Gasteiger partial charge is 0.226 e. The van der Waals surface area contributed by atoms with Crippen LogP contribution in [-0.4, -0.2) is 74.6 Å². The second kappa shape index (κ2) is 36.3. The number of ether oxygens (including phenoxy) is 12. The quantitative estimate of drug-likeness (QED) is 0.0343. The minimum Gasteiger partial charge on any atom is -0.374 e. The Balaban J connectivity index is 0.000000183. The van der Waals surface area contributed by atoms with E-state index >= 15 is 0 Å². The largest absolute Gasteiger partial charge is 0.374 e. The van der Waals surface area contributed by atoms with Gasteiger partial charge in [0.05, 0.1) is 79.3 Å². The molecule has 14 rings (SSSR count). The summed E-state index contributed by atoms with van der Waals surface area (Å²) in [6, 6.07) is 89.5. The maximum absolute atomic E-state index is 7.26. The molecule has 526 valence electrons. The summed E-state index contributed by atoms with van der Waals surface area (Å²) in [5, 5.41) is 0. The lowest BCUT2D eigenvalue weighted by Crippen LogP contribution is -2.65. The first-order valence-corrected chi connectivity index (χ1v) is 37.4. The van der Waals surface area contributed by atoms with Crippen molar-refractivity contribution in [1.82, 2.24) is 0 Å². The lowest BCUT2D eigenvalue weighted by atomic mass is 9.86. The van der Waals surface area contributed by atoms with E-state index in [1.165, 1.54) is 0 Å². The summed E-state index contributed by atoms with van der Waals surface area (Å²) in [5.41, 5.74) is 13.8. The minimum absolute atomic E-state index is 0.232. The fraction of sp³-hybridized carbons (Fsp3) is 0.281. The summed E-state index contributed by atoms with van der Waals surface area (Å²) in [4.78, 5) is 2.10. The summed E-state index contributed by atoms with van der Waals surface area (Å²) in [6.07, 6.45) is 5.16. The maximum Gasteiger partial charge on any atom is 0.226 e. The summed E-state index contributed by atoms with van der Waals surface area (Å²) in [6.45, 7) is 5.89. The Morgan fingerprint density at radius 1 is 0.369 bits per heavy atom. The highest BCUT2D eigenvalue weighted by atomic mass is 32.2. The SMILES string of the molecule is C#Cc1cc2c(cc1SC)CO[C@]21O[C@H](COCc2ccccc2)[C@@H](OCc2ccccc2)[C@H](OCc2ccccc2)[C@H]1OCc1ccccc1.CC#Cc1cc2c(cc1SC)CO[C@]21O[C@H](COCc2ccccc2)[C@@H](OCc2ccccc2)[C@H](OCc2ccccc2)[C@H]1OCc1ccccc1. The first kappa shape index (κ1) is 72.9. The van der Waals surface area contributed by atoms with Gasteiger partial charge >= 0.3 is 0 Å². The van der Waals surface area contributed by atoms with E-state index in [4.69, 9.17) is 63.3 Å². The van der Waals surface area contributed by atoms with Crippen LogP contribution in [0.2, 0.25) is 0 Å². The van der Waals surface area contributed by atoms with E-state index in [1.807, 2.05) is 189 Å². The predicted molar refractivity (Wildman–Crippen MR) is 402 cm³/mol. The van der Waals surface area contributed by atoms with E-state index < -0.39 is 60.4 Å². The molecule has 0 radical (unpaired) electrons. The number of rotatable bonds is 28. The molecule has 0 aliphatic carbocycles. The van der Waals surface area contributed by atoms with Gasteiger partial charge in [-0.15, -0.1) is 35.9 Å². The summed E-state index contributed by atoms with van der Waals surface area (Å²) in [7, 11) is 0. The highest BCUT2D eigenvalue weighted by molar-refractivity contribution is 7.98. The maximum atomic E-state index is 7.26. The molecule has 10 aromatic rings. The second-order valence-corrected chi connectivity index (χ2v) is 27.3. The topological polar surface area (TPSA) is 111 Å². The molecule has 2 saturated heterocycles. The molecular formula is C89H86O12S2. The van der Waals surface area contributed by atoms with Gasteiger partial charge < -0.3 is 56.8 Å². The van der Waals surface area contributed by atoms with Crippen LogP contribution < -0.4 is 0 Å². The van der Waals surface area contributed by atoms with Crippen LogP contribution in [0, 0.1) is 24.2 Å². The van der Waals surface area contributed by atoms with Crippen molar-refractivity contribution >= 4 is 23.5 Å². The Morgan fingerprint density at radius 3 is 0.951 bits per heavy atom. The molecule has 0 saturated carbocycles. The molecule has 0 aromatic heterocycles. The first-order chi connectivity index (χ1) is 50.8. The van der Waals surface area contributed by atoms with Crippen LogP contribution in [-0.2, 0) is 134 Å². The van der Waals surface area contributed by atoms with Gasteiger partial charge in [-0.2, -0.15) is 0 Å². The number of benzene rings is 10. The molecule has 0 amide bonds. The van der Waals surface area contributed by atoms with E-state index in [0.29, 0.717) is 66.1 Å². The van der Waals surface area contributed by atoms with Crippen molar-refractivity contribution in [1.29, 1.82) is 0 Å². The third-order valence-corrected chi connectivity index (χ3v) is 20.3. The van der Waals surface area contributed by atoms with Gasteiger partial charge in [0.15, 0.2) is 0 Å². The number of hydrogen-bond acceptors (Lipinski definition) is 14. The molecule has 14 heteroatoms. The zero-order chi connectivity index (χ0) is 70.5. The number of hydrogen-bond donors (Lipinski definition) is 0. The Morgan fingerprint density at radius 2 is 0.650 bits per heavy atom. The number of terminal acetylenes is 1. The van der Waals surface area contributed by atoms with Crippen molar-refractivity contribution in [2.45, 2.75) is 143 Å². The Labute approximate surface area is 614 Å². The van der Waals surface area contributed by atoms with Crippen molar-refractivity contribution in [2.75, 3.05) is 25.7 Å². The average Bonchev–Trinajstić information content (AvgIpc) is 1.68. The summed E-state index contributed by atoms with van der Waals surface area (Å²) < 4.78 is 82.6. The molecule has 4 aliphatic rings. The molecule has 0 unspecified atom stereocenters. The highest BCUT2D eigenvalue weighted by Gasteiger charge is 2.63. The van der Waals surface area contributed by atoms with E-state index in [2.05, 4.69) is 115 Å². The van der Waals surface area contributed by atoms with E-state index in [0.717, 1.165) is 87.7 Å². The number of thioether (sulfide) groups is 2. The van der Waals surface area contributed by atoms with Gasteiger partial charge in [0.2, 0.25) is 11.6 Å². The molecule has 2 fully saturated rings. The fourth-order valence-corrected chi connectivity index (χ4v) is 14.9. The van der Waals surface area contributed by atoms with Crippen LogP contribution in [0.25, 0.3) is 0 Å². The lowest BCUT2D eigenvalue weighted by molar-refractivity contribution is -0.387. The zero-order valence-corrected chi connectivity index (χ0v) is 59.9. The Hall–Kier alpha value is -8.46. The van der Waals surface area contributed by atoms with Crippen molar-refractivity contribution < 1.29 is 56.8 Å². The van der Waals surface area contributed by atoms with E-state index in [9.17, 15) is 0 Å². The number of fused-ring (bicyclic) bond motifs is 4. The standard InChI is InChI=1S/C45H44O6S.C44H42O6S/c1-3-16-37-25-39-38(26-41(37)52-2)31-50-45(39)44(49-30-36-23-14-7-15-24-36)43(48-29-35-21-12-6-13-22-35)42(47-28-34-19-10-5-11-20-34)40(51-45)32-46-27-33-17-8-4-9-18-33;1-3-36-24-38-37(25-40(36)51-2)30-49-44(38)43(48-29-35-22-14-7-15-23-35)42(47-28-34-20-12-6-13-21-34)41(46-27-33-18-10-5-11-19-33)39(50-44)31-45-26-32-16-8-4-9-17-32/h4-15,17-26,40,42-44H,27-32H2,1-2H3;1,4-25,39,41-43H,26-31H2,2H3/t40-,42-,43+,44-,45+;39-,41-,42+,43-,44+/m11/s1. The van der Waals surface area contributed by atoms with Crippen LogP contribution in [0.15, 0.2) is 277 Å². The van der Waals surface area contributed by atoms with Crippen LogP contribution in [0.3, 0.4) is 0 Å². The van der Waals surface area contributed by atoms with E-state index in [1.54, 1.807) is 23.5 Å². The molecule has 10 aromatic carbocycles. The Kier molecular flexibility index (Phi) is 25.7. The molecule has 0 bridgehead atoms. The summed E-state index contributed by atoms with van der Waals surface area (Å²) >= 11 is 3.29. The van der Waals surface area contributed by atoms with Gasteiger partial charge in [-0.05, 0) is 99.3 Å². The highest BCUT2D eigenvalue weighted by Crippen LogP contribution is 2.52. The fourth-order valence-electron chi connectivity index (χ4n) is 13.7. The molecule has 4 aliphatic heterocycles. The molecular weight excluding hydrogens is 1330 g/mol. The van der Waals surface area contributed by atoms with Crippen molar-refractivity contribution in [3.63, 3.8) is 0 Å². The molecule has 2 spiro atoms. The van der Waals surface area contributed by atoms with Gasteiger partial charge in [-0.25, -0.2) is 0 Å². The second-order valence-electron chi connectivity index (χ2n) is 25.6. The average molecular weight is 1410 g/mol. The van der Waals surface area contributed by atoms with Crippen LogP contribution >= 0.6 is 23.5 Å². The van der Waals surface area contributed by atoms with Crippen molar-refractivity contribution in [3.8, 4) is 24.2 Å². The first-order valence-electron chi connectivity index (χ1n) is 35.0. The van der Waals surface area contributed by atoms with E-state index in [-0.39, 0.29) is 13.2 Å². The van der Waals surface area contributed by atoms with Crippen LogP contribution in [0.1, 0.15) is 84.8 Å². The molecule has 103 heavy (non-hydrogen) atoms. The monoisotopic (exact) mass is 1410 g/mol. The molecule has 0 N–H and O–H groups in total. The van der Waals surface area contributed by atoms with Gasteiger partial charge in [0, 0.05) is 32.0 Å². The lowest BCUT2D eigenvalue weighted by Gasteiger charge is -2.51. The summed E-state index contributed by atoms with van der Waals surface area (Å²) in [5.74, 6) is 6.63. The van der Waals surface area contributed by atoms with Gasteiger partial charge in [-0.3, -0.25) is 0 Å². The third-order valence-electron chi connectivity index (χ3n) is 18.8. The zero-order valence-electron chi connectivity index (χ0n) is 58.3. The normalized spacial score (nSPS) is 22.3. The predicted octanol–water partition coefficient (Wildman–Crippen LogP) is 17.3. The van der Waals surface area contributed by atoms with Crippen LogP contribution in [0.5, 0.6) is 0 Å². The van der Waals surface area contributed by atoms with Gasteiger partial charge in [0.1, 0.15) is 48.8 Å². The van der Waals surface area contributed by atoms with Crippen molar-refractivity contribution in [3.05, 3.63) is 345 Å². The molecule has 4 heterocycles. The molecule has 12 nitrogen and oxygen atoms in total. The Bertz CT molecular complexity index is 4380. The van der Waals surface area contributed by atoms with Gasteiger partial charge in [-0.1, -0.05) is 254 Å². The third kappa shape index (κ3) is 18.0. The van der Waals surface area contributed by atoms with Crippen molar-refractivity contribution in [2.24, 2.45) is 0 Å². The molecule has 10 atom stereocenters. The van der Waals surface area contributed by atoms with Crippen LogP contribution in [0.4, 0.5) is 0 Å². The minimum atomic E-state index is -1.35.